The van der Waals surface area contributed by atoms with Gasteiger partial charge in [0.2, 0.25) is 17.7 Å². The summed E-state index contributed by atoms with van der Waals surface area (Å²) in [5.41, 5.74) is 0.0345. The average Bonchev–Trinajstić information content (AvgIpc) is 3.49. The molecule has 186 valence electrons. The Bertz CT molecular complexity index is 878. The Kier molecular flexibility index (Phi) is 7.88. The van der Waals surface area contributed by atoms with Gasteiger partial charge in [0.25, 0.3) is 0 Å². The number of rotatable bonds is 12. The maximum atomic E-state index is 13.7. The van der Waals surface area contributed by atoms with Gasteiger partial charge in [-0.25, -0.2) is 0 Å². The van der Waals surface area contributed by atoms with Crippen LogP contribution in [0.4, 0.5) is 0 Å². The Balaban J connectivity index is 1.53. The summed E-state index contributed by atoms with van der Waals surface area (Å²) in [4.78, 5) is 41.9. The van der Waals surface area contributed by atoms with Crippen LogP contribution in [-0.4, -0.2) is 65.2 Å². The molecule has 1 aromatic carbocycles. The van der Waals surface area contributed by atoms with E-state index in [1.54, 1.807) is 4.90 Å². The smallest absolute Gasteiger partial charge is 0.245 e. The van der Waals surface area contributed by atoms with Crippen molar-refractivity contribution in [3.8, 4) is 0 Å². The molecule has 3 N–H and O–H groups in total. The van der Waals surface area contributed by atoms with Crippen LogP contribution in [0, 0.1) is 11.8 Å². The van der Waals surface area contributed by atoms with E-state index in [9.17, 15) is 19.5 Å². The number of carbonyl (C=O) groups is 3. The molecule has 34 heavy (non-hydrogen) atoms. The van der Waals surface area contributed by atoms with Crippen LogP contribution in [-0.2, 0) is 25.7 Å². The number of fused-ring (bicyclic) bond motifs is 1. The summed E-state index contributed by atoms with van der Waals surface area (Å²) >= 11 is 0. The van der Waals surface area contributed by atoms with Crippen molar-refractivity contribution in [1.82, 2.24) is 15.5 Å². The van der Waals surface area contributed by atoms with Gasteiger partial charge >= 0.3 is 0 Å². The van der Waals surface area contributed by atoms with Crippen LogP contribution in [0.3, 0.4) is 0 Å². The van der Waals surface area contributed by atoms with Gasteiger partial charge in [0.05, 0.1) is 17.9 Å². The van der Waals surface area contributed by atoms with Gasteiger partial charge in [-0.1, -0.05) is 50.1 Å². The molecule has 1 spiro atoms. The Morgan fingerprint density at radius 2 is 1.91 bits per heavy atom. The van der Waals surface area contributed by atoms with Crippen LogP contribution in [0.2, 0.25) is 0 Å². The number of hydrogen-bond donors (Lipinski definition) is 3. The number of hydrogen-bond acceptors (Lipinski definition) is 5. The van der Waals surface area contributed by atoms with Crippen molar-refractivity contribution < 1.29 is 24.2 Å². The molecule has 3 aliphatic rings. The summed E-state index contributed by atoms with van der Waals surface area (Å²) in [5.74, 6) is -1.80. The van der Waals surface area contributed by atoms with E-state index in [2.05, 4.69) is 17.6 Å². The highest BCUT2D eigenvalue weighted by atomic mass is 16.5. The minimum atomic E-state index is -0.954. The third kappa shape index (κ3) is 4.58. The predicted molar refractivity (Wildman–Crippen MR) is 126 cm³/mol. The first-order chi connectivity index (χ1) is 16.5. The Morgan fingerprint density at radius 1 is 1.12 bits per heavy atom. The number of ether oxygens (including phenoxy) is 1. The summed E-state index contributed by atoms with van der Waals surface area (Å²) in [6.45, 7) is 3.47. The fourth-order valence-electron chi connectivity index (χ4n) is 5.97. The van der Waals surface area contributed by atoms with Gasteiger partial charge in [-0.2, -0.15) is 0 Å². The van der Waals surface area contributed by atoms with E-state index in [4.69, 9.17) is 4.74 Å². The number of likely N-dealkylation sites (tertiary alicyclic amines) is 1. The molecular formula is C26H37N3O5. The third-order valence-corrected chi connectivity index (χ3v) is 7.55. The van der Waals surface area contributed by atoms with Crippen LogP contribution < -0.4 is 10.6 Å². The fraction of sp³-hybridized carbons (Fsp3) is 0.654. The minimum Gasteiger partial charge on any atom is -0.396 e. The van der Waals surface area contributed by atoms with Crippen LogP contribution in [0.1, 0.15) is 57.4 Å². The second-order valence-electron chi connectivity index (χ2n) is 9.72. The quantitative estimate of drug-likeness (QED) is 0.403. The first kappa shape index (κ1) is 24.7. The van der Waals surface area contributed by atoms with Gasteiger partial charge in [0.1, 0.15) is 11.6 Å². The lowest BCUT2D eigenvalue weighted by Gasteiger charge is -2.33. The van der Waals surface area contributed by atoms with Crippen LogP contribution >= 0.6 is 0 Å². The molecule has 2 bridgehead atoms. The number of carbonyl (C=O) groups excluding carboxylic acids is 3. The van der Waals surface area contributed by atoms with Gasteiger partial charge in [-0.15, -0.1) is 0 Å². The van der Waals surface area contributed by atoms with E-state index in [0.29, 0.717) is 45.3 Å². The molecule has 0 saturated carbocycles. The maximum Gasteiger partial charge on any atom is 0.245 e. The van der Waals surface area contributed by atoms with E-state index < -0.39 is 23.5 Å². The Labute approximate surface area is 201 Å². The molecule has 1 aromatic rings. The largest absolute Gasteiger partial charge is 0.396 e. The Morgan fingerprint density at radius 3 is 2.65 bits per heavy atom. The maximum absolute atomic E-state index is 13.7. The van der Waals surface area contributed by atoms with Crippen LogP contribution in [0.25, 0.3) is 0 Å². The second-order valence-corrected chi connectivity index (χ2v) is 9.72. The molecule has 8 nitrogen and oxygen atoms in total. The number of aliphatic hydroxyl groups excluding tert-OH is 1. The van der Waals surface area contributed by atoms with E-state index in [0.717, 1.165) is 24.8 Å². The molecule has 4 rings (SSSR count). The molecule has 3 saturated heterocycles. The van der Waals surface area contributed by atoms with Gasteiger partial charge in [-0.05, 0) is 37.7 Å². The Hall–Kier alpha value is -2.45. The molecule has 3 amide bonds. The van der Waals surface area contributed by atoms with Gasteiger partial charge in [0.15, 0.2) is 0 Å². The normalized spacial score (nSPS) is 29.4. The number of nitrogens with zero attached hydrogens (tertiary/aromatic N) is 1. The lowest BCUT2D eigenvalue weighted by Crippen LogP contribution is -2.55. The highest BCUT2D eigenvalue weighted by molar-refractivity contribution is 5.98. The zero-order valence-corrected chi connectivity index (χ0v) is 20.0. The van der Waals surface area contributed by atoms with Crippen molar-refractivity contribution in [3.05, 3.63) is 35.9 Å². The van der Waals surface area contributed by atoms with Crippen LogP contribution in [0.15, 0.2) is 30.3 Å². The summed E-state index contributed by atoms with van der Waals surface area (Å²) < 4.78 is 6.40. The van der Waals surface area contributed by atoms with Gasteiger partial charge in [0, 0.05) is 26.2 Å². The van der Waals surface area contributed by atoms with Crippen molar-refractivity contribution in [2.45, 2.75) is 76.2 Å². The monoisotopic (exact) mass is 471 g/mol. The topological polar surface area (TPSA) is 108 Å². The standard InChI is InChI=1S/C26H37N3O5/c1-2-3-7-14-27-24(32)22-26-13-12-19(34-26)20(21(26)25(33)29(22)15-8-9-16-30)23(31)28-17-18-10-5-4-6-11-18/h4-6,10-11,19-22,30H,2-3,7-9,12-17H2,1H3,(H,27,32)(H,28,31)/t19-,20+,21+,22?,26?/m1/s1. The zero-order chi connectivity index (χ0) is 24.1. The van der Waals surface area contributed by atoms with Crippen molar-refractivity contribution in [1.29, 1.82) is 0 Å². The van der Waals surface area contributed by atoms with Gasteiger partial charge < -0.3 is 25.4 Å². The molecule has 8 heteroatoms. The van der Waals surface area contributed by atoms with E-state index in [-0.39, 0.29) is 30.4 Å². The lowest BCUT2D eigenvalue weighted by molar-refractivity contribution is -0.142. The van der Waals surface area contributed by atoms with Crippen molar-refractivity contribution in [2.75, 3.05) is 19.7 Å². The molecule has 5 atom stereocenters. The number of unbranched alkanes of at least 4 members (excludes halogenated alkanes) is 3. The molecule has 0 aromatic heterocycles. The highest BCUT2D eigenvalue weighted by Gasteiger charge is 2.74. The molecular weight excluding hydrogens is 434 g/mol. The number of benzene rings is 1. The molecule has 3 aliphatic heterocycles. The van der Waals surface area contributed by atoms with Crippen molar-refractivity contribution in [3.63, 3.8) is 0 Å². The third-order valence-electron chi connectivity index (χ3n) is 7.55. The zero-order valence-electron chi connectivity index (χ0n) is 20.0. The average molecular weight is 472 g/mol. The SMILES string of the molecule is CCCCCNC(=O)C1N(CCCCO)C(=O)[C@@H]2[C@@H](C(=O)NCc3ccccc3)[C@H]3CCC12O3. The molecule has 3 fully saturated rings. The van der Waals surface area contributed by atoms with Crippen molar-refractivity contribution >= 4 is 17.7 Å². The summed E-state index contributed by atoms with van der Waals surface area (Å²) in [7, 11) is 0. The lowest BCUT2D eigenvalue weighted by atomic mass is 9.70. The number of aliphatic hydroxyl groups is 1. The number of amides is 3. The first-order valence-corrected chi connectivity index (χ1v) is 12.7. The highest BCUT2D eigenvalue weighted by Crippen LogP contribution is 2.58. The van der Waals surface area contributed by atoms with Gasteiger partial charge in [-0.3, -0.25) is 14.4 Å². The van der Waals surface area contributed by atoms with E-state index >= 15 is 0 Å². The summed E-state index contributed by atoms with van der Waals surface area (Å²) in [6, 6.07) is 8.93. The summed E-state index contributed by atoms with van der Waals surface area (Å²) in [6.07, 6.45) is 5.03. The number of nitrogens with one attached hydrogen (secondary N) is 2. The molecule has 0 radical (unpaired) electrons. The van der Waals surface area contributed by atoms with Crippen LogP contribution in [0.5, 0.6) is 0 Å². The fourth-order valence-corrected chi connectivity index (χ4v) is 5.97. The first-order valence-electron chi connectivity index (χ1n) is 12.7. The summed E-state index contributed by atoms with van der Waals surface area (Å²) in [5, 5.41) is 15.2. The minimum absolute atomic E-state index is 0.0353. The second kappa shape index (κ2) is 10.9. The predicted octanol–water partition coefficient (Wildman–Crippen LogP) is 1.76. The van der Waals surface area contributed by atoms with Crippen molar-refractivity contribution in [2.24, 2.45) is 11.8 Å². The molecule has 2 unspecified atom stereocenters. The van der Waals surface area contributed by atoms with E-state index in [1.807, 2.05) is 30.3 Å². The molecule has 3 heterocycles. The molecule has 0 aliphatic carbocycles. The van der Waals surface area contributed by atoms with E-state index in [1.165, 1.54) is 0 Å².